The van der Waals surface area contributed by atoms with Crippen molar-refractivity contribution >= 4 is 11.7 Å². The van der Waals surface area contributed by atoms with Crippen LogP contribution in [0.5, 0.6) is 5.75 Å². The van der Waals surface area contributed by atoms with Gasteiger partial charge in [0.25, 0.3) is 0 Å². The molecule has 1 aromatic carbocycles. The molecular weight excluding hydrogens is 325 g/mol. The average molecular weight is 343 g/mol. The van der Waals surface area contributed by atoms with Gasteiger partial charge in [-0.15, -0.1) is 10.2 Å². The number of carbonyl (C=O) groups excluding carboxylic acids is 1. The summed E-state index contributed by atoms with van der Waals surface area (Å²) in [7, 11) is 1.46. The van der Waals surface area contributed by atoms with Crippen LogP contribution in [0.15, 0.2) is 42.6 Å². The molecule has 0 radical (unpaired) electrons. The lowest BCUT2D eigenvalue weighted by Crippen LogP contribution is -2.37. The molecule has 0 bridgehead atoms. The minimum Gasteiger partial charge on any atom is -0.496 e. The van der Waals surface area contributed by atoms with E-state index in [0.717, 1.165) is 0 Å². The lowest BCUT2D eigenvalue weighted by atomic mass is 10.1. The SMILES string of the molecule is COc1cccc(F)c1[C@@H](C)NC(=O)NCc1nnc2ccccn12. The van der Waals surface area contributed by atoms with Crippen molar-refractivity contribution < 1.29 is 13.9 Å². The lowest BCUT2D eigenvalue weighted by Gasteiger charge is -2.18. The van der Waals surface area contributed by atoms with Gasteiger partial charge < -0.3 is 15.4 Å². The van der Waals surface area contributed by atoms with E-state index in [9.17, 15) is 9.18 Å². The maximum atomic E-state index is 14.0. The Kier molecular flexibility index (Phi) is 4.78. The minimum atomic E-state index is -0.564. The van der Waals surface area contributed by atoms with Gasteiger partial charge in [0.15, 0.2) is 11.5 Å². The zero-order valence-corrected chi connectivity index (χ0v) is 13.9. The van der Waals surface area contributed by atoms with Crippen LogP contribution in [0.3, 0.4) is 0 Å². The van der Waals surface area contributed by atoms with E-state index in [1.807, 2.05) is 24.4 Å². The van der Waals surface area contributed by atoms with Gasteiger partial charge in [-0.1, -0.05) is 12.1 Å². The average Bonchev–Trinajstić information content (AvgIpc) is 3.02. The summed E-state index contributed by atoms with van der Waals surface area (Å²) in [5, 5.41) is 13.4. The van der Waals surface area contributed by atoms with Gasteiger partial charge in [0.05, 0.1) is 25.3 Å². The zero-order valence-electron chi connectivity index (χ0n) is 13.9. The van der Waals surface area contributed by atoms with Gasteiger partial charge in [0.2, 0.25) is 0 Å². The van der Waals surface area contributed by atoms with Gasteiger partial charge in [-0.2, -0.15) is 0 Å². The monoisotopic (exact) mass is 343 g/mol. The fourth-order valence-corrected chi connectivity index (χ4v) is 2.61. The number of rotatable bonds is 5. The molecule has 0 saturated carbocycles. The van der Waals surface area contributed by atoms with Gasteiger partial charge in [-0.3, -0.25) is 4.40 Å². The Balaban J connectivity index is 1.65. The Morgan fingerprint density at radius 3 is 2.92 bits per heavy atom. The number of fused-ring (bicyclic) bond motifs is 1. The van der Waals surface area contributed by atoms with E-state index >= 15 is 0 Å². The molecule has 8 heteroatoms. The van der Waals surface area contributed by atoms with Crippen molar-refractivity contribution in [2.45, 2.75) is 19.5 Å². The predicted octanol–water partition coefficient (Wildman–Crippen LogP) is 2.44. The quantitative estimate of drug-likeness (QED) is 0.746. The number of methoxy groups -OCH3 is 1. The van der Waals surface area contributed by atoms with E-state index in [-0.39, 0.29) is 6.54 Å². The van der Waals surface area contributed by atoms with Crippen molar-refractivity contribution in [3.8, 4) is 5.75 Å². The number of pyridine rings is 1. The first kappa shape index (κ1) is 16.7. The molecule has 0 saturated heterocycles. The minimum absolute atomic E-state index is 0.193. The van der Waals surface area contributed by atoms with Crippen molar-refractivity contribution in [1.29, 1.82) is 0 Å². The van der Waals surface area contributed by atoms with E-state index in [2.05, 4.69) is 20.8 Å². The molecule has 2 aromatic heterocycles. The summed E-state index contributed by atoms with van der Waals surface area (Å²) in [5.74, 6) is 0.550. The first-order chi connectivity index (χ1) is 12.1. The summed E-state index contributed by atoms with van der Waals surface area (Å²) in [6, 6.07) is 9.07. The third-order valence-electron chi connectivity index (χ3n) is 3.80. The molecule has 0 aliphatic rings. The summed E-state index contributed by atoms with van der Waals surface area (Å²) in [4.78, 5) is 12.1. The van der Waals surface area contributed by atoms with Crippen LogP contribution in [0.4, 0.5) is 9.18 Å². The Morgan fingerprint density at radius 2 is 2.12 bits per heavy atom. The topological polar surface area (TPSA) is 80.5 Å². The molecule has 2 heterocycles. The molecule has 0 aliphatic heterocycles. The third-order valence-corrected chi connectivity index (χ3v) is 3.80. The van der Waals surface area contributed by atoms with Crippen LogP contribution >= 0.6 is 0 Å². The summed E-state index contributed by atoms with van der Waals surface area (Å²) in [6.45, 7) is 1.88. The number of nitrogens with one attached hydrogen (secondary N) is 2. The van der Waals surface area contributed by atoms with Crippen LogP contribution in [-0.2, 0) is 6.54 Å². The Bertz CT molecular complexity index is 896. The van der Waals surface area contributed by atoms with Crippen molar-refractivity contribution in [3.63, 3.8) is 0 Å². The molecule has 25 heavy (non-hydrogen) atoms. The fourth-order valence-electron chi connectivity index (χ4n) is 2.61. The number of urea groups is 1. The van der Waals surface area contributed by atoms with Crippen molar-refractivity contribution in [2.75, 3.05) is 7.11 Å². The van der Waals surface area contributed by atoms with Gasteiger partial charge in [0.1, 0.15) is 11.6 Å². The number of halogens is 1. The zero-order chi connectivity index (χ0) is 17.8. The summed E-state index contributed by atoms with van der Waals surface area (Å²) < 4.78 is 21.0. The van der Waals surface area contributed by atoms with Gasteiger partial charge in [-0.05, 0) is 31.2 Å². The maximum Gasteiger partial charge on any atom is 0.315 e. The first-order valence-corrected chi connectivity index (χ1v) is 7.75. The third kappa shape index (κ3) is 3.52. The predicted molar refractivity (Wildman–Crippen MR) is 89.7 cm³/mol. The summed E-state index contributed by atoms with van der Waals surface area (Å²) in [5.41, 5.74) is 0.997. The van der Waals surface area contributed by atoms with Gasteiger partial charge >= 0.3 is 6.03 Å². The molecule has 2 amide bonds. The lowest BCUT2D eigenvalue weighted by molar-refractivity contribution is 0.236. The Morgan fingerprint density at radius 1 is 1.28 bits per heavy atom. The summed E-state index contributed by atoms with van der Waals surface area (Å²) >= 11 is 0. The largest absolute Gasteiger partial charge is 0.496 e. The number of carbonyl (C=O) groups is 1. The summed E-state index contributed by atoms with van der Waals surface area (Å²) in [6.07, 6.45) is 1.82. The van der Waals surface area contributed by atoms with Crippen molar-refractivity contribution in [1.82, 2.24) is 25.2 Å². The number of hydrogen-bond acceptors (Lipinski definition) is 4. The molecule has 0 spiro atoms. The Hall–Kier alpha value is -3.16. The molecule has 7 nitrogen and oxygen atoms in total. The van der Waals surface area contributed by atoms with Crippen LogP contribution in [0.1, 0.15) is 24.4 Å². The molecule has 3 rings (SSSR count). The molecule has 0 aliphatic carbocycles. The van der Waals surface area contributed by atoms with Crippen molar-refractivity contribution in [2.24, 2.45) is 0 Å². The number of nitrogens with zero attached hydrogens (tertiary/aromatic N) is 3. The highest BCUT2D eigenvalue weighted by Gasteiger charge is 2.18. The standard InChI is InChI=1S/C17H18FN5O2/c1-11(16-12(18)6-5-7-13(16)25-2)20-17(24)19-10-15-22-21-14-8-3-4-9-23(14)15/h3-9,11H,10H2,1-2H3,(H2,19,20,24)/t11-/m1/s1. The Labute approximate surface area is 143 Å². The molecule has 1 atom stereocenters. The van der Waals surface area contributed by atoms with E-state index in [4.69, 9.17) is 4.74 Å². The second-order valence-electron chi connectivity index (χ2n) is 5.45. The normalized spacial score (nSPS) is 12.0. The molecule has 2 N–H and O–H groups in total. The van der Waals surface area contributed by atoms with Crippen LogP contribution < -0.4 is 15.4 Å². The molecule has 130 valence electrons. The maximum absolute atomic E-state index is 14.0. The highest BCUT2D eigenvalue weighted by Crippen LogP contribution is 2.27. The van der Waals surface area contributed by atoms with E-state index < -0.39 is 17.9 Å². The van der Waals surface area contributed by atoms with E-state index in [1.165, 1.54) is 13.2 Å². The number of hydrogen-bond donors (Lipinski definition) is 2. The number of amides is 2. The van der Waals surface area contributed by atoms with Crippen LogP contribution in [0, 0.1) is 5.82 Å². The van der Waals surface area contributed by atoms with Crippen LogP contribution in [0.25, 0.3) is 5.65 Å². The second kappa shape index (κ2) is 7.16. The highest BCUT2D eigenvalue weighted by atomic mass is 19.1. The number of aromatic nitrogens is 3. The molecule has 3 aromatic rings. The van der Waals surface area contributed by atoms with Gasteiger partial charge in [-0.25, -0.2) is 9.18 Å². The number of ether oxygens (including phenoxy) is 1. The second-order valence-corrected chi connectivity index (χ2v) is 5.45. The first-order valence-electron chi connectivity index (χ1n) is 7.75. The van der Waals surface area contributed by atoms with E-state index in [0.29, 0.717) is 22.8 Å². The van der Waals surface area contributed by atoms with Crippen LogP contribution in [0.2, 0.25) is 0 Å². The van der Waals surface area contributed by atoms with Gasteiger partial charge in [0, 0.05) is 6.20 Å². The molecule has 0 fully saturated rings. The van der Waals surface area contributed by atoms with E-state index in [1.54, 1.807) is 23.5 Å². The fraction of sp³-hybridized carbons (Fsp3) is 0.235. The molecular formula is C17H18FN5O2. The number of benzene rings is 1. The molecule has 0 unspecified atom stereocenters. The van der Waals surface area contributed by atoms with Crippen LogP contribution in [-0.4, -0.2) is 27.7 Å². The smallest absolute Gasteiger partial charge is 0.315 e. The highest BCUT2D eigenvalue weighted by molar-refractivity contribution is 5.74. The van der Waals surface area contributed by atoms with Crippen molar-refractivity contribution in [3.05, 3.63) is 59.8 Å².